The summed E-state index contributed by atoms with van der Waals surface area (Å²) in [6.07, 6.45) is 1.71. The summed E-state index contributed by atoms with van der Waals surface area (Å²) in [4.78, 5) is 57.8. The highest BCUT2D eigenvalue weighted by Crippen LogP contribution is 2.36. The number of hydrogen-bond acceptors (Lipinski definition) is 13. The van der Waals surface area contributed by atoms with Crippen molar-refractivity contribution in [1.29, 1.82) is 0 Å². The van der Waals surface area contributed by atoms with Gasteiger partial charge >= 0.3 is 0 Å². The van der Waals surface area contributed by atoms with Gasteiger partial charge in [-0.3, -0.25) is 19.3 Å². The first-order chi connectivity index (χ1) is 30.9. The van der Waals surface area contributed by atoms with Crippen molar-refractivity contribution in [2.75, 3.05) is 57.3 Å². The molecule has 4 aromatic heterocycles. The lowest BCUT2D eigenvalue weighted by Gasteiger charge is -2.40. The van der Waals surface area contributed by atoms with Crippen molar-refractivity contribution in [3.05, 3.63) is 95.0 Å². The summed E-state index contributed by atoms with van der Waals surface area (Å²) in [5.74, 6) is 0.103. The second-order valence-corrected chi connectivity index (χ2v) is 18.5. The average Bonchev–Trinajstić information content (AvgIpc) is 4.10. The Morgan fingerprint density at radius 1 is 0.984 bits per heavy atom. The molecule has 0 radical (unpaired) electrons. The van der Waals surface area contributed by atoms with E-state index in [1.165, 1.54) is 4.90 Å². The summed E-state index contributed by atoms with van der Waals surface area (Å²) >= 11 is 1.59. The van der Waals surface area contributed by atoms with Crippen LogP contribution in [-0.2, 0) is 14.4 Å². The van der Waals surface area contributed by atoms with Gasteiger partial charge in [-0.05, 0) is 54.7 Å². The molecular weight excluding hydrogens is 833 g/mol. The van der Waals surface area contributed by atoms with Crippen LogP contribution < -0.4 is 10.2 Å². The number of H-pyrrole nitrogens is 1. The van der Waals surface area contributed by atoms with Gasteiger partial charge in [0.1, 0.15) is 17.7 Å². The molecule has 3 fully saturated rings. The van der Waals surface area contributed by atoms with Crippen LogP contribution in [0.25, 0.3) is 32.7 Å². The fraction of sp³-hybridized carbons (Fsp3) is 0.426. The molecule has 0 bridgehead atoms. The Bertz CT molecular complexity index is 2630. The Morgan fingerprint density at radius 3 is 2.47 bits per heavy atom. The van der Waals surface area contributed by atoms with Crippen molar-refractivity contribution < 1.29 is 29.1 Å². The minimum absolute atomic E-state index is 0.0592. The first-order valence-corrected chi connectivity index (χ1v) is 22.9. The number of piperazine rings is 1. The number of fused-ring (bicyclic) bond motifs is 1. The third-order valence-electron chi connectivity index (χ3n) is 13.1. The zero-order valence-corrected chi connectivity index (χ0v) is 37.3. The smallest absolute Gasteiger partial charge is 0.243 e. The maximum atomic E-state index is 14.3. The number of carbonyl (C=O) groups excluding carboxylic acids is 3. The van der Waals surface area contributed by atoms with Crippen molar-refractivity contribution >= 4 is 45.9 Å². The topological polar surface area (TPSA) is 197 Å². The number of phenols is 1. The molecule has 0 aliphatic carbocycles. The van der Waals surface area contributed by atoms with Gasteiger partial charge in [-0.25, -0.2) is 4.98 Å². The van der Waals surface area contributed by atoms with E-state index < -0.39 is 18.1 Å². The van der Waals surface area contributed by atoms with Gasteiger partial charge in [0, 0.05) is 94.3 Å². The highest BCUT2D eigenvalue weighted by Gasteiger charge is 2.44. The molecule has 3 aliphatic heterocycles. The van der Waals surface area contributed by atoms with Crippen LogP contribution in [0.2, 0.25) is 0 Å². The number of para-hydroxylation sites is 1. The number of carbonyl (C=O) groups is 3. The van der Waals surface area contributed by atoms with Gasteiger partial charge in [0.25, 0.3) is 0 Å². The molecule has 0 spiro atoms. The zero-order chi connectivity index (χ0) is 44.6. The zero-order valence-electron chi connectivity index (χ0n) is 36.5. The van der Waals surface area contributed by atoms with Crippen LogP contribution in [-0.4, -0.2) is 132 Å². The molecule has 4 N–H and O–H groups in total. The van der Waals surface area contributed by atoms with Crippen molar-refractivity contribution in [2.45, 2.75) is 70.6 Å². The number of aromatic amines is 1. The van der Waals surface area contributed by atoms with Crippen LogP contribution in [0.4, 0.5) is 5.82 Å². The number of aromatic hydroxyl groups is 1. The van der Waals surface area contributed by atoms with Gasteiger partial charge < -0.3 is 39.7 Å². The van der Waals surface area contributed by atoms with Gasteiger partial charge in [-0.2, -0.15) is 0 Å². The number of nitrogens with one attached hydrogen (secondary N) is 2. The Labute approximate surface area is 375 Å². The van der Waals surface area contributed by atoms with Gasteiger partial charge in [-0.15, -0.1) is 21.5 Å². The fourth-order valence-corrected chi connectivity index (χ4v) is 10.1. The highest BCUT2D eigenvalue weighted by atomic mass is 32.1. The van der Waals surface area contributed by atoms with Crippen molar-refractivity contribution in [3.63, 3.8) is 0 Å². The van der Waals surface area contributed by atoms with E-state index in [9.17, 15) is 24.6 Å². The second-order valence-electron chi connectivity index (χ2n) is 17.7. The van der Waals surface area contributed by atoms with Crippen LogP contribution in [0.3, 0.4) is 0 Å². The molecule has 4 atom stereocenters. The van der Waals surface area contributed by atoms with Crippen LogP contribution >= 0.6 is 11.3 Å². The lowest BCUT2D eigenvalue weighted by atomic mass is 9.91. The second kappa shape index (κ2) is 18.1. The number of hydrogen-bond donors (Lipinski definition) is 4. The predicted molar refractivity (Wildman–Crippen MR) is 243 cm³/mol. The molecule has 3 aliphatic rings. The summed E-state index contributed by atoms with van der Waals surface area (Å²) in [7, 11) is 0. The molecule has 0 saturated carbocycles. The number of amides is 3. The molecule has 17 heteroatoms. The molecule has 2 aromatic carbocycles. The summed E-state index contributed by atoms with van der Waals surface area (Å²) in [6.45, 7) is 12.6. The highest BCUT2D eigenvalue weighted by molar-refractivity contribution is 7.13. The van der Waals surface area contributed by atoms with Crippen LogP contribution in [0.5, 0.6) is 5.75 Å². The molecule has 3 amide bonds. The van der Waals surface area contributed by atoms with E-state index in [0.29, 0.717) is 67.6 Å². The number of benzene rings is 2. The third kappa shape index (κ3) is 8.71. The number of aliphatic hydroxyl groups is 1. The largest absolute Gasteiger partial charge is 0.507 e. The molecular formula is C47H54N10O6S. The number of β-amino-alcohol motifs (C(OH)–C–C–N with tert-alkyl or cyclic N) is 1. The molecule has 64 heavy (non-hydrogen) atoms. The number of aryl methyl sites for hydroxylation is 1. The summed E-state index contributed by atoms with van der Waals surface area (Å²) in [5, 5.41) is 38.1. The van der Waals surface area contributed by atoms with Crippen LogP contribution in [0.15, 0.2) is 76.9 Å². The van der Waals surface area contributed by atoms with Gasteiger partial charge in [0.15, 0.2) is 17.2 Å². The van der Waals surface area contributed by atoms with Crippen LogP contribution in [0.1, 0.15) is 74.1 Å². The number of phenolic OH excluding ortho intramolecular Hbond substituents is 1. The Kier molecular flexibility index (Phi) is 12.2. The van der Waals surface area contributed by atoms with Crippen molar-refractivity contribution in [2.24, 2.45) is 5.92 Å². The number of anilines is 1. The Balaban J connectivity index is 0.755. The Morgan fingerprint density at radius 2 is 1.75 bits per heavy atom. The monoisotopic (exact) mass is 886 g/mol. The lowest BCUT2D eigenvalue weighted by molar-refractivity contribution is -0.141. The minimum atomic E-state index is -0.823. The van der Waals surface area contributed by atoms with Gasteiger partial charge in [0.2, 0.25) is 17.7 Å². The Hall–Kier alpha value is -6.17. The van der Waals surface area contributed by atoms with E-state index in [1.807, 2.05) is 92.8 Å². The molecule has 9 rings (SSSR count). The summed E-state index contributed by atoms with van der Waals surface area (Å²) in [5.41, 5.74) is 7.80. The predicted octanol–water partition coefficient (Wildman–Crippen LogP) is 5.47. The first kappa shape index (κ1) is 43.1. The number of rotatable bonds is 13. The number of nitrogens with zero attached hydrogens (tertiary/aromatic N) is 8. The SMILES string of the molecule is Cc1ncsc1-c1ccc([C@H](C)NC(=O)[C@@H]2C[C@@H](O)CN2C(=O)[C@@H](c2cc(N3CCN(CCC(=O)N4CC(c5c[nH]c6nnc(-c7ccccc7O)cc56)C4)CC3)no2)C(C)C)cc1. The van der Waals surface area contributed by atoms with E-state index in [2.05, 4.69) is 40.4 Å². The van der Waals surface area contributed by atoms with E-state index in [4.69, 9.17) is 4.52 Å². The summed E-state index contributed by atoms with van der Waals surface area (Å²) in [6, 6.07) is 17.7. The minimum Gasteiger partial charge on any atom is -0.507 e. The van der Waals surface area contributed by atoms with Crippen molar-refractivity contribution in [3.8, 4) is 27.4 Å². The lowest BCUT2D eigenvalue weighted by Crippen LogP contribution is -2.50. The van der Waals surface area contributed by atoms with E-state index in [0.717, 1.165) is 45.7 Å². The molecule has 3 saturated heterocycles. The van der Waals surface area contributed by atoms with Crippen molar-refractivity contribution in [1.82, 2.24) is 45.3 Å². The molecule has 0 unspecified atom stereocenters. The summed E-state index contributed by atoms with van der Waals surface area (Å²) < 4.78 is 5.86. The third-order valence-corrected chi connectivity index (χ3v) is 14.0. The number of aliphatic hydroxyl groups excluding tert-OH is 1. The molecule has 16 nitrogen and oxygen atoms in total. The van der Waals surface area contributed by atoms with Gasteiger partial charge in [-0.1, -0.05) is 55.4 Å². The number of likely N-dealkylation sites (tertiary alicyclic amines) is 2. The van der Waals surface area contributed by atoms with E-state index >= 15 is 0 Å². The average molecular weight is 887 g/mol. The number of thiazole rings is 1. The quantitative estimate of drug-likeness (QED) is 0.114. The molecule has 334 valence electrons. The first-order valence-electron chi connectivity index (χ1n) is 22.1. The van der Waals surface area contributed by atoms with Gasteiger partial charge in [0.05, 0.1) is 33.9 Å². The molecule has 7 heterocycles. The fourth-order valence-electron chi connectivity index (χ4n) is 9.28. The number of aromatic nitrogens is 5. The maximum absolute atomic E-state index is 14.3. The van der Waals surface area contributed by atoms with Crippen LogP contribution in [0, 0.1) is 12.8 Å². The maximum Gasteiger partial charge on any atom is 0.243 e. The molecule has 6 aromatic rings. The normalized spacial score (nSPS) is 19.3. The van der Waals surface area contributed by atoms with E-state index in [-0.39, 0.29) is 54.3 Å². The van der Waals surface area contributed by atoms with E-state index in [1.54, 1.807) is 23.5 Å². The standard InChI is InChI=1S/C47H54N10O6S/c1-27(2)43(47(62)57-25-33(58)19-38(57)46(61)50-28(3)30-9-11-31(12-10-30)44-29(4)49-26-64-44)40-21-41(53-63-40)55-17-15-54(16-18-55)14-13-42(60)56-23-32(24-56)36-22-48-45-35(36)20-37(51-52-45)34-7-5-6-8-39(34)59/h5-12,20-22,26-28,32-33,38,43,58-59H,13-19,23-25H2,1-4H3,(H,48,52)(H,50,61)/t28-,33+,38-,43+/m0/s1.